The molecule has 1 aromatic carbocycles. The molecule has 2 N–H and O–H groups in total. The molecule has 19 heavy (non-hydrogen) atoms. The van der Waals surface area contributed by atoms with Gasteiger partial charge in [0.1, 0.15) is 5.69 Å². The number of nitrogens with zero attached hydrogens (tertiary/aromatic N) is 1. The summed E-state index contributed by atoms with van der Waals surface area (Å²) >= 11 is 0.709. The van der Waals surface area contributed by atoms with Crippen LogP contribution in [0, 0.1) is 0 Å². The predicted molar refractivity (Wildman–Crippen MR) is 71.7 cm³/mol. The number of benzene rings is 1. The Bertz CT molecular complexity index is 708. The number of carbonyl (C=O) groups excluding carboxylic acids is 1. The van der Waals surface area contributed by atoms with E-state index in [-0.39, 0.29) is 20.9 Å². The van der Waals surface area contributed by atoms with Crippen molar-refractivity contribution in [1.29, 1.82) is 0 Å². The maximum absolute atomic E-state index is 11.3. The van der Waals surface area contributed by atoms with E-state index < -0.39 is 10.1 Å². The van der Waals surface area contributed by atoms with Gasteiger partial charge in [-0.2, -0.15) is 8.42 Å². The van der Waals surface area contributed by atoms with Gasteiger partial charge >= 0.3 is 10.1 Å². The molecule has 6 nitrogen and oxygen atoms in total. The number of hydrogen-bond donors (Lipinski definition) is 2. The highest BCUT2D eigenvalue weighted by Crippen LogP contribution is 2.34. The van der Waals surface area contributed by atoms with E-state index in [0.717, 1.165) is 0 Å². The van der Waals surface area contributed by atoms with Crippen LogP contribution >= 0.6 is 11.3 Å². The van der Waals surface area contributed by atoms with Crippen LogP contribution in [0.2, 0.25) is 0 Å². The zero-order chi connectivity index (χ0) is 14.0. The summed E-state index contributed by atoms with van der Waals surface area (Å²) in [6.07, 6.45) is 0. The average Bonchev–Trinajstić information content (AvgIpc) is 2.73. The Balaban J connectivity index is 2.59. The fraction of sp³-hybridized carbons (Fsp3) is 0.0909. The molecule has 8 heteroatoms. The maximum Gasteiger partial charge on any atom is 0.306 e. The van der Waals surface area contributed by atoms with Crippen molar-refractivity contribution in [2.24, 2.45) is 0 Å². The van der Waals surface area contributed by atoms with Crippen molar-refractivity contribution < 1.29 is 17.8 Å². The van der Waals surface area contributed by atoms with Gasteiger partial charge in [0.15, 0.2) is 9.34 Å². The van der Waals surface area contributed by atoms with Gasteiger partial charge in [-0.1, -0.05) is 41.7 Å². The third-order valence-corrected chi connectivity index (χ3v) is 4.47. The topological polar surface area (TPSA) is 96.4 Å². The number of nitrogens with one attached hydrogen (secondary N) is 1. The second-order valence-electron chi connectivity index (χ2n) is 3.68. The van der Waals surface area contributed by atoms with Crippen LogP contribution in [0.25, 0.3) is 11.3 Å². The first-order valence-corrected chi connectivity index (χ1v) is 7.45. The van der Waals surface area contributed by atoms with E-state index >= 15 is 0 Å². The van der Waals surface area contributed by atoms with Crippen LogP contribution in [0.15, 0.2) is 34.5 Å². The second kappa shape index (κ2) is 5.08. The predicted octanol–water partition coefficient (Wildman–Crippen LogP) is 2.02. The van der Waals surface area contributed by atoms with Crippen molar-refractivity contribution in [1.82, 2.24) is 4.98 Å². The lowest BCUT2D eigenvalue weighted by atomic mass is 10.2. The van der Waals surface area contributed by atoms with Gasteiger partial charge in [0.2, 0.25) is 5.91 Å². The Morgan fingerprint density at radius 1 is 1.32 bits per heavy atom. The number of hydrogen-bond acceptors (Lipinski definition) is 5. The number of anilines is 1. The Kier molecular flexibility index (Phi) is 3.65. The SMILES string of the molecule is CC(=O)Nc1nc(-c2ccccc2)c(S(=O)(=O)O)s1. The fourth-order valence-corrected chi connectivity index (χ4v) is 3.30. The van der Waals surface area contributed by atoms with Crippen LogP contribution in [0.5, 0.6) is 0 Å². The summed E-state index contributed by atoms with van der Waals surface area (Å²) in [5.74, 6) is -0.366. The molecule has 0 bridgehead atoms. The molecule has 0 fully saturated rings. The highest BCUT2D eigenvalue weighted by molar-refractivity contribution is 7.88. The first-order chi connectivity index (χ1) is 8.88. The third kappa shape index (κ3) is 3.16. The fourth-order valence-electron chi connectivity index (χ4n) is 1.46. The summed E-state index contributed by atoms with van der Waals surface area (Å²) in [6.45, 7) is 1.29. The maximum atomic E-state index is 11.3. The molecule has 0 aliphatic carbocycles. The van der Waals surface area contributed by atoms with Crippen LogP contribution in [-0.4, -0.2) is 23.9 Å². The molecule has 2 aromatic rings. The third-order valence-electron chi connectivity index (χ3n) is 2.16. The normalized spacial score (nSPS) is 11.3. The quantitative estimate of drug-likeness (QED) is 0.845. The van der Waals surface area contributed by atoms with E-state index in [1.54, 1.807) is 30.3 Å². The molecule has 0 saturated heterocycles. The van der Waals surface area contributed by atoms with Gasteiger partial charge < -0.3 is 5.32 Å². The van der Waals surface area contributed by atoms with Crippen LogP contribution in [0.4, 0.5) is 5.13 Å². The van der Waals surface area contributed by atoms with Crippen LogP contribution in [0.3, 0.4) is 0 Å². The van der Waals surface area contributed by atoms with Gasteiger partial charge in [0, 0.05) is 12.5 Å². The van der Waals surface area contributed by atoms with Gasteiger partial charge in [-0.05, 0) is 0 Å². The van der Waals surface area contributed by atoms with E-state index in [9.17, 15) is 17.8 Å². The number of thiazole rings is 1. The van der Waals surface area contributed by atoms with Gasteiger partial charge in [-0.15, -0.1) is 0 Å². The summed E-state index contributed by atoms with van der Waals surface area (Å²) in [4.78, 5) is 15.0. The van der Waals surface area contributed by atoms with E-state index in [0.29, 0.717) is 16.9 Å². The van der Waals surface area contributed by atoms with Gasteiger partial charge in [0.25, 0.3) is 0 Å². The van der Waals surface area contributed by atoms with Crippen molar-refractivity contribution in [2.75, 3.05) is 5.32 Å². The lowest BCUT2D eigenvalue weighted by Gasteiger charge is -1.98. The average molecular weight is 298 g/mol. The molecular formula is C11H10N2O4S2. The molecule has 0 saturated carbocycles. The van der Waals surface area contributed by atoms with E-state index in [2.05, 4.69) is 10.3 Å². The summed E-state index contributed by atoms with van der Waals surface area (Å²) < 4.78 is 31.6. The Labute approximate surface area is 113 Å². The highest BCUT2D eigenvalue weighted by Gasteiger charge is 2.23. The standard InChI is InChI=1S/C11H10N2O4S2/c1-7(14)12-11-13-9(8-5-3-2-4-6-8)10(18-11)19(15,16)17/h2-6H,1H3,(H,12,13,14)(H,15,16,17). The summed E-state index contributed by atoms with van der Waals surface area (Å²) in [5, 5.41) is 2.52. The number of amides is 1. The minimum Gasteiger partial charge on any atom is -0.302 e. The summed E-state index contributed by atoms with van der Waals surface area (Å²) in [6, 6.07) is 8.56. The lowest BCUT2D eigenvalue weighted by Crippen LogP contribution is -2.04. The van der Waals surface area contributed by atoms with Gasteiger partial charge in [-0.3, -0.25) is 9.35 Å². The second-order valence-corrected chi connectivity index (χ2v) is 6.29. The molecule has 0 aliphatic heterocycles. The van der Waals surface area contributed by atoms with E-state index in [4.69, 9.17) is 0 Å². The Morgan fingerprint density at radius 2 is 1.95 bits per heavy atom. The zero-order valence-corrected chi connectivity index (χ0v) is 11.5. The highest BCUT2D eigenvalue weighted by atomic mass is 32.3. The van der Waals surface area contributed by atoms with Gasteiger partial charge in [-0.25, -0.2) is 4.98 Å². The molecule has 1 amide bonds. The van der Waals surface area contributed by atoms with Crippen molar-refractivity contribution in [3.05, 3.63) is 30.3 Å². The van der Waals surface area contributed by atoms with Crippen LogP contribution < -0.4 is 5.32 Å². The smallest absolute Gasteiger partial charge is 0.302 e. The van der Waals surface area contributed by atoms with Gasteiger partial charge in [0.05, 0.1) is 0 Å². The van der Waals surface area contributed by atoms with Crippen LogP contribution in [-0.2, 0) is 14.9 Å². The monoisotopic (exact) mass is 298 g/mol. The summed E-state index contributed by atoms with van der Waals surface area (Å²) in [5.41, 5.74) is 0.667. The molecule has 0 radical (unpaired) electrons. The zero-order valence-electron chi connectivity index (χ0n) is 9.82. The Hall–Kier alpha value is -1.77. The molecule has 1 heterocycles. The molecule has 1 aromatic heterocycles. The minimum absolute atomic E-state index is 0.122. The van der Waals surface area contributed by atoms with Crippen LogP contribution in [0.1, 0.15) is 6.92 Å². The first kappa shape index (κ1) is 13.7. The van der Waals surface area contributed by atoms with E-state index in [1.165, 1.54) is 6.92 Å². The number of carbonyl (C=O) groups is 1. The largest absolute Gasteiger partial charge is 0.306 e. The number of aromatic nitrogens is 1. The molecule has 2 rings (SSSR count). The lowest BCUT2D eigenvalue weighted by molar-refractivity contribution is -0.114. The van der Waals surface area contributed by atoms with E-state index in [1.807, 2.05) is 0 Å². The first-order valence-electron chi connectivity index (χ1n) is 5.19. The molecule has 0 spiro atoms. The molecule has 0 aliphatic rings. The molecule has 100 valence electrons. The van der Waals surface area contributed by atoms with Crippen molar-refractivity contribution in [3.8, 4) is 11.3 Å². The number of rotatable bonds is 3. The minimum atomic E-state index is -4.39. The molecular weight excluding hydrogens is 288 g/mol. The Morgan fingerprint density at radius 3 is 2.47 bits per heavy atom. The molecule has 0 unspecified atom stereocenters. The molecule has 0 atom stereocenters. The van der Waals surface area contributed by atoms with Crippen molar-refractivity contribution >= 4 is 32.5 Å². The van der Waals surface area contributed by atoms with Crippen molar-refractivity contribution in [3.63, 3.8) is 0 Å². The van der Waals surface area contributed by atoms with Crippen molar-refractivity contribution in [2.45, 2.75) is 11.1 Å². The summed E-state index contributed by atoms with van der Waals surface area (Å²) in [7, 11) is -4.39.